The lowest BCUT2D eigenvalue weighted by atomic mass is 9.45. The summed E-state index contributed by atoms with van der Waals surface area (Å²) < 4.78 is 6.20. The smallest absolute Gasteiger partial charge is 0.139 e. The van der Waals surface area contributed by atoms with Crippen LogP contribution >= 0.6 is 0 Å². The molecule has 0 aromatic heterocycles. The molecule has 3 heteroatoms. The van der Waals surface area contributed by atoms with Crippen LogP contribution < -0.4 is 0 Å². The fourth-order valence-corrected chi connectivity index (χ4v) is 5.59. The van der Waals surface area contributed by atoms with Gasteiger partial charge < -0.3 is 9.84 Å². The van der Waals surface area contributed by atoms with Crippen molar-refractivity contribution in [1.29, 1.82) is 0 Å². The van der Waals surface area contributed by atoms with Gasteiger partial charge in [-0.2, -0.15) is 0 Å². The maximum Gasteiger partial charge on any atom is 0.139 e. The van der Waals surface area contributed by atoms with Gasteiger partial charge in [-0.3, -0.25) is 4.79 Å². The van der Waals surface area contributed by atoms with Crippen LogP contribution in [0.4, 0.5) is 0 Å². The van der Waals surface area contributed by atoms with Crippen LogP contribution in [0, 0.1) is 17.3 Å². The number of aliphatic hydroxyl groups is 1. The molecule has 4 aliphatic rings. The Kier molecular flexibility index (Phi) is 1.62. The second-order valence-corrected chi connectivity index (χ2v) is 6.88. The maximum atomic E-state index is 12.1. The Morgan fingerprint density at radius 3 is 2.65 bits per heavy atom. The number of fused-ring (bicyclic) bond motifs is 6. The molecule has 1 N–H and O–H groups in total. The predicted octanol–water partition coefficient (Wildman–Crippen LogP) is 1.67. The van der Waals surface area contributed by atoms with Crippen LogP contribution in [0.15, 0.2) is 0 Å². The van der Waals surface area contributed by atoms with E-state index in [9.17, 15) is 9.90 Å². The summed E-state index contributed by atoms with van der Waals surface area (Å²) in [7, 11) is 0. The van der Waals surface area contributed by atoms with Crippen LogP contribution in [0.1, 0.15) is 46.0 Å². The lowest BCUT2D eigenvalue weighted by Crippen LogP contribution is -2.66. The standard InChI is InChI=1S/C14H20O3/c1-12(16)11-8-4-5-9(15)10(8)13(2,17-11)14(12)6-3-7-14/h8,10-11,16H,3-7H2,1-2H3/t8-,10-,11-,12+,13+/m0/s1. The molecule has 0 aromatic carbocycles. The molecular formula is C14H20O3. The number of ether oxygens (including phenoxy) is 1. The molecule has 0 radical (unpaired) electrons. The van der Waals surface area contributed by atoms with Crippen molar-refractivity contribution >= 4 is 5.78 Å². The summed E-state index contributed by atoms with van der Waals surface area (Å²) in [5, 5.41) is 10.9. The average molecular weight is 236 g/mol. The summed E-state index contributed by atoms with van der Waals surface area (Å²) in [4.78, 5) is 12.1. The first-order chi connectivity index (χ1) is 7.94. The van der Waals surface area contributed by atoms with Gasteiger partial charge in [0.25, 0.3) is 0 Å². The Morgan fingerprint density at radius 1 is 1.35 bits per heavy atom. The van der Waals surface area contributed by atoms with Crippen LogP contribution in [-0.4, -0.2) is 28.2 Å². The summed E-state index contributed by atoms with van der Waals surface area (Å²) in [6, 6.07) is 0. The number of carbonyl (C=O) groups is 1. The molecule has 4 fully saturated rings. The highest BCUT2D eigenvalue weighted by atomic mass is 16.5. The van der Waals surface area contributed by atoms with Crippen LogP contribution in [0.2, 0.25) is 0 Å². The Bertz CT molecular complexity index is 410. The highest BCUT2D eigenvalue weighted by molar-refractivity contribution is 5.86. The molecular weight excluding hydrogens is 216 g/mol. The Hall–Kier alpha value is -0.410. The van der Waals surface area contributed by atoms with E-state index in [0.29, 0.717) is 12.2 Å². The summed E-state index contributed by atoms with van der Waals surface area (Å²) in [6.07, 6.45) is 4.69. The van der Waals surface area contributed by atoms with Crippen molar-refractivity contribution in [3.05, 3.63) is 0 Å². The Labute approximate surface area is 102 Å². The molecule has 1 spiro atoms. The molecule has 5 atom stereocenters. The molecule has 94 valence electrons. The number of Topliss-reactive ketones (excluding diaryl/α,β-unsaturated/α-hetero) is 1. The highest BCUT2D eigenvalue weighted by Gasteiger charge is 2.81. The van der Waals surface area contributed by atoms with Gasteiger partial charge in [0.1, 0.15) is 5.78 Å². The van der Waals surface area contributed by atoms with E-state index in [1.54, 1.807) is 0 Å². The molecule has 2 saturated heterocycles. The van der Waals surface area contributed by atoms with Crippen LogP contribution in [0.5, 0.6) is 0 Å². The van der Waals surface area contributed by atoms with E-state index in [1.165, 1.54) is 0 Å². The van der Waals surface area contributed by atoms with Crippen molar-refractivity contribution in [3.8, 4) is 0 Å². The lowest BCUT2D eigenvalue weighted by molar-refractivity contribution is -0.174. The number of rotatable bonds is 0. The van der Waals surface area contributed by atoms with E-state index < -0.39 is 11.2 Å². The monoisotopic (exact) mass is 236 g/mol. The average Bonchev–Trinajstić information content (AvgIpc) is 2.70. The predicted molar refractivity (Wildman–Crippen MR) is 61.4 cm³/mol. The second kappa shape index (κ2) is 2.62. The first-order valence-electron chi connectivity index (χ1n) is 6.87. The van der Waals surface area contributed by atoms with E-state index in [-0.39, 0.29) is 23.4 Å². The molecule has 2 aliphatic carbocycles. The first-order valence-corrected chi connectivity index (χ1v) is 6.87. The fourth-order valence-electron chi connectivity index (χ4n) is 5.59. The van der Waals surface area contributed by atoms with Crippen LogP contribution in [-0.2, 0) is 9.53 Å². The quantitative estimate of drug-likeness (QED) is 0.696. The zero-order valence-electron chi connectivity index (χ0n) is 10.5. The van der Waals surface area contributed by atoms with Gasteiger partial charge in [0.15, 0.2) is 0 Å². The number of carbonyl (C=O) groups excluding carboxylic acids is 1. The topological polar surface area (TPSA) is 46.5 Å². The Balaban J connectivity index is 1.88. The first kappa shape index (κ1) is 10.5. The molecule has 3 nitrogen and oxygen atoms in total. The van der Waals surface area contributed by atoms with Gasteiger partial charge in [-0.05, 0) is 33.1 Å². The summed E-state index contributed by atoms with van der Waals surface area (Å²) in [5.74, 6) is 0.712. The van der Waals surface area contributed by atoms with Gasteiger partial charge in [0.2, 0.25) is 0 Å². The van der Waals surface area contributed by atoms with E-state index in [4.69, 9.17) is 4.74 Å². The minimum absolute atomic E-state index is 0.0630. The van der Waals surface area contributed by atoms with E-state index in [1.807, 2.05) is 6.92 Å². The molecule has 2 aliphatic heterocycles. The lowest BCUT2D eigenvalue weighted by Gasteiger charge is -2.58. The third kappa shape index (κ3) is 0.811. The zero-order chi connectivity index (χ0) is 12.1. The van der Waals surface area contributed by atoms with Gasteiger partial charge in [-0.1, -0.05) is 6.42 Å². The maximum absolute atomic E-state index is 12.1. The van der Waals surface area contributed by atoms with Crippen molar-refractivity contribution in [2.75, 3.05) is 0 Å². The molecule has 2 saturated carbocycles. The van der Waals surface area contributed by atoms with E-state index in [0.717, 1.165) is 25.7 Å². The fraction of sp³-hybridized carbons (Fsp3) is 0.929. The van der Waals surface area contributed by atoms with Crippen molar-refractivity contribution in [2.45, 2.75) is 63.3 Å². The van der Waals surface area contributed by atoms with Crippen LogP contribution in [0.3, 0.4) is 0 Å². The van der Waals surface area contributed by atoms with Crippen molar-refractivity contribution in [3.63, 3.8) is 0 Å². The van der Waals surface area contributed by atoms with E-state index in [2.05, 4.69) is 6.92 Å². The zero-order valence-corrected chi connectivity index (χ0v) is 10.5. The number of ketones is 1. The summed E-state index contributed by atoms with van der Waals surface area (Å²) >= 11 is 0. The highest BCUT2D eigenvalue weighted by Crippen LogP contribution is 2.73. The number of hydrogen-bond donors (Lipinski definition) is 1. The van der Waals surface area contributed by atoms with Crippen molar-refractivity contribution < 1.29 is 14.6 Å². The largest absolute Gasteiger partial charge is 0.387 e. The molecule has 2 bridgehead atoms. The van der Waals surface area contributed by atoms with Crippen molar-refractivity contribution in [2.24, 2.45) is 17.3 Å². The molecule has 17 heavy (non-hydrogen) atoms. The third-order valence-corrected chi connectivity index (χ3v) is 6.53. The number of hydrogen-bond acceptors (Lipinski definition) is 3. The second-order valence-electron chi connectivity index (χ2n) is 6.88. The van der Waals surface area contributed by atoms with Gasteiger partial charge >= 0.3 is 0 Å². The van der Waals surface area contributed by atoms with Crippen LogP contribution in [0.25, 0.3) is 0 Å². The van der Waals surface area contributed by atoms with E-state index >= 15 is 0 Å². The van der Waals surface area contributed by atoms with Crippen molar-refractivity contribution in [1.82, 2.24) is 0 Å². The minimum atomic E-state index is -0.730. The Morgan fingerprint density at radius 2 is 2.06 bits per heavy atom. The molecule has 0 aromatic rings. The summed E-state index contributed by atoms with van der Waals surface area (Å²) in [5.41, 5.74) is -1.27. The normalized spacial score (nSPS) is 58.5. The summed E-state index contributed by atoms with van der Waals surface area (Å²) in [6.45, 7) is 4.04. The SMILES string of the molecule is C[C@@]1(O)[C@H]2O[C@](C)([C@@H]3C(=O)CC[C@@H]32)C12CCC2. The van der Waals surface area contributed by atoms with Gasteiger partial charge in [-0.25, -0.2) is 0 Å². The molecule has 4 rings (SSSR count). The molecule has 0 amide bonds. The minimum Gasteiger partial charge on any atom is -0.387 e. The third-order valence-electron chi connectivity index (χ3n) is 6.53. The van der Waals surface area contributed by atoms with Gasteiger partial charge in [-0.15, -0.1) is 0 Å². The molecule has 2 heterocycles. The van der Waals surface area contributed by atoms with Gasteiger partial charge in [0.05, 0.1) is 23.2 Å². The van der Waals surface area contributed by atoms with Gasteiger partial charge in [0, 0.05) is 17.8 Å². The molecule has 0 unspecified atom stereocenters.